The zero-order chi connectivity index (χ0) is 9.59. The van der Waals surface area contributed by atoms with E-state index in [1.807, 2.05) is 6.92 Å². The second kappa shape index (κ2) is 3.23. The Kier molecular flexibility index (Phi) is 2.34. The third-order valence-corrected chi connectivity index (χ3v) is 3.43. The van der Waals surface area contributed by atoms with Gasteiger partial charge in [-0.25, -0.2) is 0 Å². The van der Waals surface area contributed by atoms with Crippen LogP contribution in [0.2, 0.25) is 0 Å². The number of ether oxygens (including phenoxy) is 2. The monoisotopic (exact) mass is 186 g/mol. The summed E-state index contributed by atoms with van der Waals surface area (Å²) < 4.78 is 11.2. The molecular formula is C10H18O3. The van der Waals surface area contributed by atoms with Crippen molar-refractivity contribution in [2.24, 2.45) is 11.8 Å². The third-order valence-electron chi connectivity index (χ3n) is 3.43. The predicted molar refractivity (Wildman–Crippen MR) is 48.2 cm³/mol. The fraction of sp³-hybridized carbons (Fsp3) is 1.00. The van der Waals surface area contributed by atoms with E-state index >= 15 is 0 Å². The Bertz CT molecular complexity index is 193. The topological polar surface area (TPSA) is 38.7 Å². The largest absolute Gasteiger partial charge is 0.393 e. The quantitative estimate of drug-likeness (QED) is 0.617. The van der Waals surface area contributed by atoms with Gasteiger partial charge in [0.25, 0.3) is 0 Å². The molecule has 6 unspecified atom stereocenters. The highest BCUT2D eigenvalue weighted by Crippen LogP contribution is 2.41. The van der Waals surface area contributed by atoms with Gasteiger partial charge in [0.15, 0.2) is 6.29 Å². The number of hydrogen-bond acceptors (Lipinski definition) is 3. The summed E-state index contributed by atoms with van der Waals surface area (Å²) in [7, 11) is 0. The summed E-state index contributed by atoms with van der Waals surface area (Å²) in [5, 5.41) is 9.70. The van der Waals surface area contributed by atoms with Crippen LogP contribution >= 0.6 is 0 Å². The molecule has 0 spiro atoms. The van der Waals surface area contributed by atoms with Crippen molar-refractivity contribution in [3.8, 4) is 0 Å². The van der Waals surface area contributed by atoms with Crippen LogP contribution < -0.4 is 0 Å². The molecule has 1 N–H and O–H groups in total. The number of rotatable bonds is 0. The van der Waals surface area contributed by atoms with Crippen molar-refractivity contribution in [1.82, 2.24) is 0 Å². The van der Waals surface area contributed by atoms with Gasteiger partial charge >= 0.3 is 0 Å². The van der Waals surface area contributed by atoms with Crippen molar-refractivity contribution in [1.29, 1.82) is 0 Å². The van der Waals surface area contributed by atoms with Gasteiger partial charge in [0.1, 0.15) is 0 Å². The second-order valence-electron chi connectivity index (χ2n) is 4.32. The maximum absolute atomic E-state index is 9.70. The van der Waals surface area contributed by atoms with E-state index in [0.717, 1.165) is 6.42 Å². The van der Waals surface area contributed by atoms with Crippen molar-refractivity contribution < 1.29 is 14.6 Å². The van der Waals surface area contributed by atoms with E-state index in [-0.39, 0.29) is 24.6 Å². The highest BCUT2D eigenvalue weighted by atomic mass is 16.7. The molecule has 3 nitrogen and oxygen atoms in total. The molecule has 13 heavy (non-hydrogen) atoms. The molecule has 1 aliphatic heterocycles. The van der Waals surface area contributed by atoms with Crippen LogP contribution in [0.5, 0.6) is 0 Å². The highest BCUT2D eigenvalue weighted by Gasteiger charge is 2.47. The van der Waals surface area contributed by atoms with Crippen molar-refractivity contribution in [2.75, 3.05) is 0 Å². The summed E-state index contributed by atoms with van der Waals surface area (Å²) in [6.45, 7) is 6.07. The van der Waals surface area contributed by atoms with Crippen molar-refractivity contribution in [2.45, 2.75) is 51.8 Å². The number of aliphatic hydroxyl groups excluding tert-OH is 1. The fourth-order valence-electron chi connectivity index (χ4n) is 2.75. The van der Waals surface area contributed by atoms with Gasteiger partial charge in [-0.3, -0.25) is 0 Å². The molecule has 1 heterocycles. The molecule has 0 amide bonds. The summed E-state index contributed by atoms with van der Waals surface area (Å²) in [5.74, 6) is 0.665. The highest BCUT2D eigenvalue weighted by molar-refractivity contribution is 4.94. The van der Waals surface area contributed by atoms with Crippen molar-refractivity contribution in [3.63, 3.8) is 0 Å². The summed E-state index contributed by atoms with van der Waals surface area (Å²) in [4.78, 5) is 0. The molecule has 3 heteroatoms. The zero-order valence-electron chi connectivity index (χ0n) is 8.43. The fourth-order valence-corrected chi connectivity index (χ4v) is 2.75. The van der Waals surface area contributed by atoms with Gasteiger partial charge in [0.2, 0.25) is 0 Å². The van der Waals surface area contributed by atoms with Gasteiger partial charge in [0, 0.05) is 12.3 Å². The van der Waals surface area contributed by atoms with Gasteiger partial charge in [0.05, 0.1) is 18.3 Å². The summed E-state index contributed by atoms with van der Waals surface area (Å²) >= 11 is 0. The molecule has 1 saturated carbocycles. The Morgan fingerprint density at radius 2 is 1.85 bits per heavy atom. The van der Waals surface area contributed by atoms with Crippen molar-refractivity contribution >= 4 is 0 Å². The van der Waals surface area contributed by atoms with Gasteiger partial charge in [-0.15, -0.1) is 0 Å². The smallest absolute Gasteiger partial charge is 0.155 e. The SMILES string of the molecule is CC1OC(C)C2C(CC(O)C2C)O1. The van der Waals surface area contributed by atoms with Gasteiger partial charge < -0.3 is 14.6 Å². The number of aliphatic hydroxyl groups is 1. The molecule has 0 aromatic heterocycles. The lowest BCUT2D eigenvalue weighted by atomic mass is 9.90. The first-order chi connectivity index (χ1) is 6.09. The molecule has 0 aromatic rings. The lowest BCUT2D eigenvalue weighted by molar-refractivity contribution is -0.252. The zero-order valence-corrected chi connectivity index (χ0v) is 8.43. The maximum Gasteiger partial charge on any atom is 0.155 e. The molecule has 0 radical (unpaired) electrons. The molecule has 76 valence electrons. The summed E-state index contributed by atoms with van der Waals surface area (Å²) in [5.41, 5.74) is 0. The van der Waals surface area contributed by atoms with E-state index in [1.54, 1.807) is 0 Å². The predicted octanol–water partition coefficient (Wildman–Crippen LogP) is 1.15. The molecule has 2 rings (SSSR count). The van der Waals surface area contributed by atoms with Crippen LogP contribution in [0.4, 0.5) is 0 Å². The Balaban J connectivity index is 2.12. The van der Waals surface area contributed by atoms with Crippen LogP contribution in [0, 0.1) is 11.8 Å². The van der Waals surface area contributed by atoms with E-state index in [0.29, 0.717) is 11.8 Å². The first-order valence-corrected chi connectivity index (χ1v) is 5.08. The normalized spacial score (nSPS) is 56.3. The standard InChI is InChI=1S/C10H18O3/c1-5-8(11)4-9-10(5)6(2)12-7(3)13-9/h5-11H,4H2,1-3H3. The molecule has 1 saturated heterocycles. The summed E-state index contributed by atoms with van der Waals surface area (Å²) in [6.07, 6.45) is 0.842. The van der Waals surface area contributed by atoms with E-state index in [9.17, 15) is 5.11 Å². The van der Waals surface area contributed by atoms with E-state index < -0.39 is 0 Å². The van der Waals surface area contributed by atoms with Crippen LogP contribution in [0.3, 0.4) is 0 Å². The third kappa shape index (κ3) is 1.49. The van der Waals surface area contributed by atoms with Crippen LogP contribution in [0.15, 0.2) is 0 Å². The van der Waals surface area contributed by atoms with Crippen LogP contribution in [-0.2, 0) is 9.47 Å². The minimum absolute atomic E-state index is 0.117. The van der Waals surface area contributed by atoms with Gasteiger partial charge in [-0.1, -0.05) is 6.92 Å². The van der Waals surface area contributed by atoms with Crippen LogP contribution in [0.25, 0.3) is 0 Å². The lowest BCUT2D eigenvalue weighted by Crippen LogP contribution is -2.43. The summed E-state index contributed by atoms with van der Waals surface area (Å²) in [6, 6.07) is 0. The Morgan fingerprint density at radius 3 is 2.54 bits per heavy atom. The minimum atomic E-state index is -0.216. The Morgan fingerprint density at radius 1 is 1.15 bits per heavy atom. The molecule has 6 atom stereocenters. The average Bonchev–Trinajstić information content (AvgIpc) is 2.27. The molecule has 0 bridgehead atoms. The number of hydrogen-bond donors (Lipinski definition) is 1. The lowest BCUT2D eigenvalue weighted by Gasteiger charge is -2.37. The Hall–Kier alpha value is -0.120. The molecular weight excluding hydrogens is 168 g/mol. The molecule has 0 aromatic carbocycles. The van der Waals surface area contributed by atoms with Gasteiger partial charge in [-0.05, 0) is 19.8 Å². The van der Waals surface area contributed by atoms with E-state index in [4.69, 9.17) is 9.47 Å². The van der Waals surface area contributed by atoms with E-state index in [2.05, 4.69) is 13.8 Å². The van der Waals surface area contributed by atoms with Crippen LogP contribution in [0.1, 0.15) is 27.2 Å². The molecule has 1 aliphatic carbocycles. The Labute approximate surface area is 79.0 Å². The van der Waals surface area contributed by atoms with Crippen LogP contribution in [-0.4, -0.2) is 29.7 Å². The first-order valence-electron chi connectivity index (χ1n) is 5.08. The molecule has 2 aliphatic rings. The maximum atomic E-state index is 9.70. The average molecular weight is 186 g/mol. The first kappa shape index (κ1) is 9.44. The van der Waals surface area contributed by atoms with Crippen molar-refractivity contribution in [3.05, 3.63) is 0 Å². The number of fused-ring (bicyclic) bond motifs is 1. The molecule has 2 fully saturated rings. The minimum Gasteiger partial charge on any atom is -0.393 e. The van der Waals surface area contributed by atoms with Gasteiger partial charge in [-0.2, -0.15) is 0 Å². The van der Waals surface area contributed by atoms with E-state index in [1.165, 1.54) is 0 Å². The second-order valence-corrected chi connectivity index (χ2v) is 4.32.